The molecular formula is C11H12F2O2. The van der Waals surface area contributed by atoms with Gasteiger partial charge in [-0.25, -0.2) is 4.39 Å². The largest absolute Gasteiger partial charge is 0.423 e. The first-order valence-corrected chi connectivity index (χ1v) is 4.79. The van der Waals surface area contributed by atoms with Gasteiger partial charge in [-0.05, 0) is 17.5 Å². The van der Waals surface area contributed by atoms with Gasteiger partial charge >= 0.3 is 6.04 Å². The lowest BCUT2D eigenvalue weighted by Gasteiger charge is -2.10. The van der Waals surface area contributed by atoms with Gasteiger partial charge in [0.25, 0.3) is 0 Å². The van der Waals surface area contributed by atoms with E-state index in [1.54, 1.807) is 0 Å². The van der Waals surface area contributed by atoms with Gasteiger partial charge in [-0.2, -0.15) is 4.39 Å². The van der Waals surface area contributed by atoms with Gasteiger partial charge in [0.15, 0.2) is 11.5 Å². The molecule has 0 saturated carbocycles. The van der Waals surface area contributed by atoms with E-state index in [-0.39, 0.29) is 17.4 Å². The Hall–Kier alpha value is -1.32. The quantitative estimate of drug-likeness (QED) is 0.713. The Morgan fingerprint density at radius 2 is 1.73 bits per heavy atom. The maximum Gasteiger partial charge on any atom is 0.404 e. The molecular weight excluding hydrogens is 202 g/mol. The number of rotatable bonds is 1. The highest BCUT2D eigenvalue weighted by Gasteiger charge is 2.37. The van der Waals surface area contributed by atoms with Crippen LogP contribution in [0.5, 0.6) is 11.5 Å². The van der Waals surface area contributed by atoms with Crippen molar-refractivity contribution in [1.82, 2.24) is 0 Å². The van der Waals surface area contributed by atoms with Crippen molar-refractivity contribution < 1.29 is 18.3 Å². The summed E-state index contributed by atoms with van der Waals surface area (Å²) in [6, 6.07) is 0.458. The first-order valence-electron chi connectivity index (χ1n) is 4.79. The molecule has 0 aliphatic carbocycles. The van der Waals surface area contributed by atoms with Crippen LogP contribution in [-0.4, -0.2) is 6.04 Å². The van der Waals surface area contributed by atoms with Gasteiger partial charge in [-0.3, -0.25) is 0 Å². The van der Waals surface area contributed by atoms with Gasteiger partial charge in [-0.1, -0.05) is 13.8 Å². The minimum absolute atomic E-state index is 0.0189. The van der Waals surface area contributed by atoms with E-state index in [0.717, 1.165) is 13.0 Å². The molecule has 2 nitrogen and oxygen atoms in total. The highest BCUT2D eigenvalue weighted by molar-refractivity contribution is 5.46. The van der Waals surface area contributed by atoms with Crippen molar-refractivity contribution >= 4 is 0 Å². The average Bonchev–Trinajstić information content (AvgIpc) is 2.36. The minimum Gasteiger partial charge on any atom is -0.423 e. The highest BCUT2D eigenvalue weighted by atomic mass is 19.2. The van der Waals surface area contributed by atoms with E-state index < -0.39 is 11.9 Å². The Morgan fingerprint density at radius 3 is 2.27 bits per heavy atom. The fourth-order valence-corrected chi connectivity index (χ4v) is 1.57. The highest BCUT2D eigenvalue weighted by Crippen LogP contribution is 2.42. The van der Waals surface area contributed by atoms with Crippen LogP contribution in [0.2, 0.25) is 0 Å². The van der Waals surface area contributed by atoms with Crippen LogP contribution in [0.25, 0.3) is 0 Å². The number of hydrogen-bond donors (Lipinski definition) is 0. The third-order valence-electron chi connectivity index (χ3n) is 2.27. The van der Waals surface area contributed by atoms with Gasteiger partial charge in [0, 0.05) is 13.0 Å². The van der Waals surface area contributed by atoms with Crippen LogP contribution in [0.3, 0.4) is 0 Å². The molecule has 1 aromatic rings. The molecule has 1 aliphatic rings. The van der Waals surface area contributed by atoms with E-state index in [2.05, 4.69) is 0 Å². The molecule has 1 heterocycles. The van der Waals surface area contributed by atoms with Gasteiger partial charge in [0.2, 0.25) is 0 Å². The third kappa shape index (κ3) is 1.76. The molecule has 2 rings (SSSR count). The Bertz CT molecular complexity index is 400. The molecule has 15 heavy (non-hydrogen) atoms. The van der Waals surface area contributed by atoms with Crippen molar-refractivity contribution in [2.24, 2.45) is 0 Å². The second-order valence-electron chi connectivity index (χ2n) is 4.01. The first kappa shape index (κ1) is 10.2. The molecule has 0 saturated heterocycles. The molecule has 1 unspecified atom stereocenters. The van der Waals surface area contributed by atoms with E-state index >= 15 is 0 Å². The molecule has 1 aromatic carbocycles. The SMILES string of the molecule is CC(C)c1cc2c(cc1F)OC(C)(F)O2. The summed E-state index contributed by atoms with van der Waals surface area (Å²) >= 11 is 0. The van der Waals surface area contributed by atoms with Crippen LogP contribution in [-0.2, 0) is 0 Å². The molecule has 1 aliphatic heterocycles. The normalized spacial score (nSPS) is 23.6. The minimum atomic E-state index is -2.19. The molecule has 4 heteroatoms. The van der Waals surface area contributed by atoms with Gasteiger partial charge in [-0.15, -0.1) is 0 Å². The molecule has 1 atom stereocenters. The van der Waals surface area contributed by atoms with Crippen molar-refractivity contribution in [3.63, 3.8) is 0 Å². The van der Waals surface area contributed by atoms with Gasteiger partial charge in [0.05, 0.1) is 0 Å². The summed E-state index contributed by atoms with van der Waals surface area (Å²) in [6.07, 6.45) is 0. The third-order valence-corrected chi connectivity index (χ3v) is 2.27. The van der Waals surface area contributed by atoms with Crippen LogP contribution in [0, 0.1) is 5.82 Å². The van der Waals surface area contributed by atoms with Crippen molar-refractivity contribution in [3.05, 3.63) is 23.5 Å². The fraction of sp³-hybridized carbons (Fsp3) is 0.455. The van der Waals surface area contributed by atoms with E-state index in [1.165, 1.54) is 6.07 Å². The lowest BCUT2D eigenvalue weighted by atomic mass is 10.0. The fourth-order valence-electron chi connectivity index (χ4n) is 1.57. The van der Waals surface area contributed by atoms with Crippen LogP contribution in [0.4, 0.5) is 8.78 Å². The Morgan fingerprint density at radius 1 is 1.20 bits per heavy atom. The molecule has 0 bridgehead atoms. The summed E-state index contributed by atoms with van der Waals surface area (Å²) in [4.78, 5) is 0. The molecule has 0 spiro atoms. The van der Waals surface area contributed by atoms with E-state index in [0.29, 0.717) is 5.56 Å². The van der Waals surface area contributed by atoms with Crippen molar-refractivity contribution in [2.45, 2.75) is 32.7 Å². The molecule has 0 radical (unpaired) electrons. The lowest BCUT2D eigenvalue weighted by Crippen LogP contribution is -2.27. The number of fused-ring (bicyclic) bond motifs is 1. The molecule has 0 N–H and O–H groups in total. The zero-order chi connectivity index (χ0) is 11.2. The predicted molar refractivity (Wildman–Crippen MR) is 51.3 cm³/mol. The van der Waals surface area contributed by atoms with Crippen LogP contribution >= 0.6 is 0 Å². The summed E-state index contributed by atoms with van der Waals surface area (Å²) in [7, 11) is 0. The average molecular weight is 214 g/mol. The first-order chi connectivity index (χ1) is 6.89. The Labute approximate surface area is 86.8 Å². The van der Waals surface area contributed by atoms with Crippen LogP contribution in [0.15, 0.2) is 12.1 Å². The molecule has 0 amide bonds. The topological polar surface area (TPSA) is 18.5 Å². The number of halogens is 2. The van der Waals surface area contributed by atoms with Gasteiger partial charge in [0.1, 0.15) is 5.82 Å². The number of ether oxygens (including phenoxy) is 2. The maximum absolute atomic E-state index is 13.5. The van der Waals surface area contributed by atoms with Crippen molar-refractivity contribution in [3.8, 4) is 11.5 Å². The summed E-state index contributed by atoms with van der Waals surface area (Å²) in [5, 5.41) is 0. The molecule has 82 valence electrons. The van der Waals surface area contributed by atoms with Gasteiger partial charge < -0.3 is 9.47 Å². The summed E-state index contributed by atoms with van der Waals surface area (Å²) in [5.74, 6) is -0.0117. The van der Waals surface area contributed by atoms with Crippen molar-refractivity contribution in [2.75, 3.05) is 0 Å². The van der Waals surface area contributed by atoms with Crippen LogP contribution in [0.1, 0.15) is 32.3 Å². The number of benzene rings is 1. The summed E-state index contributed by atoms with van der Waals surface area (Å²) < 4.78 is 36.5. The second kappa shape index (κ2) is 3.08. The van der Waals surface area contributed by atoms with Crippen molar-refractivity contribution in [1.29, 1.82) is 0 Å². The standard InChI is InChI=1S/C11H12F2O2/c1-6(2)7-4-9-10(5-8(7)12)15-11(3,13)14-9/h4-6H,1-3H3. The predicted octanol–water partition coefficient (Wildman–Crippen LogP) is 3.36. The Balaban J connectivity index is 2.45. The smallest absolute Gasteiger partial charge is 0.404 e. The molecule has 0 fully saturated rings. The number of hydrogen-bond acceptors (Lipinski definition) is 2. The summed E-state index contributed by atoms with van der Waals surface area (Å²) in [6.45, 7) is 4.85. The monoisotopic (exact) mass is 214 g/mol. The summed E-state index contributed by atoms with van der Waals surface area (Å²) in [5.41, 5.74) is 0.495. The maximum atomic E-state index is 13.5. The molecule has 0 aromatic heterocycles. The zero-order valence-electron chi connectivity index (χ0n) is 8.80. The van der Waals surface area contributed by atoms with E-state index in [4.69, 9.17) is 9.47 Å². The van der Waals surface area contributed by atoms with E-state index in [9.17, 15) is 8.78 Å². The lowest BCUT2D eigenvalue weighted by molar-refractivity contribution is -0.173. The Kier molecular flexibility index (Phi) is 2.10. The van der Waals surface area contributed by atoms with Crippen LogP contribution < -0.4 is 9.47 Å². The zero-order valence-corrected chi connectivity index (χ0v) is 8.80. The number of alkyl halides is 1. The second-order valence-corrected chi connectivity index (χ2v) is 4.01. The van der Waals surface area contributed by atoms with E-state index in [1.807, 2.05) is 13.8 Å².